The molecule has 146 valence electrons. The summed E-state index contributed by atoms with van der Waals surface area (Å²) in [6.45, 7) is 5.35. The summed E-state index contributed by atoms with van der Waals surface area (Å²) in [4.78, 5) is 4.74. The lowest BCUT2D eigenvalue weighted by Gasteiger charge is -2.19. The van der Waals surface area contributed by atoms with Crippen LogP contribution in [0.25, 0.3) is 0 Å². The Kier molecular flexibility index (Phi) is 6.78. The summed E-state index contributed by atoms with van der Waals surface area (Å²) in [5, 5.41) is 15.3. The van der Waals surface area contributed by atoms with Gasteiger partial charge in [-0.2, -0.15) is 0 Å². The number of nitrogens with zero attached hydrogens (tertiary/aromatic N) is 4. The van der Waals surface area contributed by atoms with Crippen molar-refractivity contribution >= 4 is 5.96 Å². The molecular weight excluding hydrogens is 348 g/mol. The molecule has 1 aromatic heterocycles. The third kappa shape index (κ3) is 5.42. The van der Waals surface area contributed by atoms with Crippen LogP contribution in [-0.2, 0) is 20.0 Å². The zero-order valence-electron chi connectivity index (χ0n) is 16.8. The van der Waals surface area contributed by atoms with Crippen molar-refractivity contribution in [1.82, 2.24) is 25.4 Å². The van der Waals surface area contributed by atoms with Crippen LogP contribution >= 0.6 is 0 Å². The molecular formula is C22H28N6. The van der Waals surface area contributed by atoms with E-state index in [9.17, 15) is 0 Å². The van der Waals surface area contributed by atoms with Gasteiger partial charge in [0.25, 0.3) is 0 Å². The molecule has 0 amide bonds. The van der Waals surface area contributed by atoms with Crippen molar-refractivity contribution in [3.05, 3.63) is 83.4 Å². The van der Waals surface area contributed by atoms with Crippen LogP contribution in [0.3, 0.4) is 0 Å². The maximum Gasteiger partial charge on any atom is 0.192 e. The minimum atomic E-state index is 0.144. The van der Waals surface area contributed by atoms with Crippen molar-refractivity contribution in [3.8, 4) is 0 Å². The van der Waals surface area contributed by atoms with Gasteiger partial charge < -0.3 is 15.2 Å². The summed E-state index contributed by atoms with van der Waals surface area (Å²) in [6.07, 6.45) is 0.935. The van der Waals surface area contributed by atoms with Gasteiger partial charge in [-0.15, -0.1) is 10.2 Å². The van der Waals surface area contributed by atoms with Gasteiger partial charge in [0.05, 0.1) is 6.04 Å². The summed E-state index contributed by atoms with van der Waals surface area (Å²) in [6, 6.07) is 21.0. The summed E-state index contributed by atoms with van der Waals surface area (Å²) in [5.41, 5.74) is 2.52. The van der Waals surface area contributed by atoms with Gasteiger partial charge in [-0.1, -0.05) is 60.7 Å². The number of hydrogen-bond acceptors (Lipinski definition) is 3. The molecule has 1 atom stereocenters. The summed E-state index contributed by atoms with van der Waals surface area (Å²) in [7, 11) is 1.96. The van der Waals surface area contributed by atoms with Crippen molar-refractivity contribution in [2.24, 2.45) is 12.0 Å². The summed E-state index contributed by atoms with van der Waals surface area (Å²) >= 11 is 0. The number of aliphatic imine (C=N–C) groups is 1. The highest BCUT2D eigenvalue weighted by Gasteiger charge is 2.09. The van der Waals surface area contributed by atoms with Gasteiger partial charge >= 0.3 is 0 Å². The van der Waals surface area contributed by atoms with Crippen LogP contribution in [0.15, 0.2) is 65.7 Å². The lowest BCUT2D eigenvalue weighted by molar-refractivity contribution is 0.675. The monoisotopic (exact) mass is 376 g/mol. The zero-order valence-corrected chi connectivity index (χ0v) is 16.8. The van der Waals surface area contributed by atoms with E-state index in [1.165, 1.54) is 11.1 Å². The van der Waals surface area contributed by atoms with Crippen LogP contribution in [0, 0.1) is 6.92 Å². The second-order valence-corrected chi connectivity index (χ2v) is 6.83. The second-order valence-electron chi connectivity index (χ2n) is 6.83. The van der Waals surface area contributed by atoms with E-state index in [4.69, 9.17) is 4.99 Å². The Hall–Kier alpha value is -3.15. The summed E-state index contributed by atoms with van der Waals surface area (Å²) in [5.74, 6) is 2.50. The van der Waals surface area contributed by atoms with Gasteiger partial charge in [0.15, 0.2) is 11.8 Å². The number of hydrogen-bond donors (Lipinski definition) is 2. The molecule has 0 aliphatic rings. The van der Waals surface area contributed by atoms with E-state index in [1.807, 2.05) is 30.7 Å². The topological polar surface area (TPSA) is 67.1 Å². The molecule has 6 nitrogen and oxygen atoms in total. The van der Waals surface area contributed by atoms with E-state index in [0.717, 1.165) is 30.6 Å². The Morgan fingerprint density at radius 2 is 1.71 bits per heavy atom. The van der Waals surface area contributed by atoms with Crippen molar-refractivity contribution in [2.45, 2.75) is 32.9 Å². The zero-order chi connectivity index (χ0) is 19.8. The molecule has 2 N–H and O–H groups in total. The van der Waals surface area contributed by atoms with Crippen molar-refractivity contribution in [2.75, 3.05) is 6.54 Å². The first-order valence-electron chi connectivity index (χ1n) is 9.62. The van der Waals surface area contributed by atoms with Gasteiger partial charge in [-0.3, -0.25) is 0 Å². The Bertz CT molecular complexity index is 886. The van der Waals surface area contributed by atoms with Crippen molar-refractivity contribution in [3.63, 3.8) is 0 Å². The molecule has 3 rings (SSSR count). The van der Waals surface area contributed by atoms with Crippen LogP contribution < -0.4 is 10.6 Å². The average molecular weight is 377 g/mol. The van der Waals surface area contributed by atoms with E-state index >= 15 is 0 Å². The minimum Gasteiger partial charge on any atom is -0.356 e. The number of aryl methyl sites for hydroxylation is 1. The minimum absolute atomic E-state index is 0.144. The molecule has 6 heteroatoms. The molecule has 0 aliphatic carbocycles. The van der Waals surface area contributed by atoms with E-state index in [-0.39, 0.29) is 6.04 Å². The Labute approximate surface area is 166 Å². The molecule has 1 unspecified atom stereocenters. The molecule has 0 spiro atoms. The largest absolute Gasteiger partial charge is 0.356 e. The number of guanidine groups is 1. The van der Waals surface area contributed by atoms with E-state index < -0.39 is 0 Å². The van der Waals surface area contributed by atoms with Gasteiger partial charge in [0.1, 0.15) is 12.4 Å². The molecule has 28 heavy (non-hydrogen) atoms. The van der Waals surface area contributed by atoms with Crippen LogP contribution in [0.5, 0.6) is 0 Å². The fourth-order valence-corrected chi connectivity index (χ4v) is 2.89. The Balaban J connectivity index is 1.67. The van der Waals surface area contributed by atoms with Crippen LogP contribution in [0.1, 0.15) is 35.7 Å². The Morgan fingerprint density at radius 1 is 1.04 bits per heavy atom. The fourth-order valence-electron chi connectivity index (χ4n) is 2.89. The molecule has 0 saturated heterocycles. The standard InChI is InChI=1S/C22H28N6/c1-17(20-12-8-5-9-13-20)25-22(23-15-14-19-10-6-4-7-11-19)24-16-21-27-26-18(2)28(21)3/h4-13,17H,14-16H2,1-3H3,(H2,23,24,25). The smallest absolute Gasteiger partial charge is 0.192 e. The first kappa shape index (κ1) is 19.6. The SMILES string of the molecule is Cc1nnc(CN=C(NCCc2ccccc2)NC(C)c2ccccc2)n1C. The van der Waals surface area contributed by atoms with Gasteiger partial charge in [-0.05, 0) is 31.4 Å². The highest BCUT2D eigenvalue weighted by molar-refractivity contribution is 5.80. The van der Waals surface area contributed by atoms with Crippen LogP contribution in [0.4, 0.5) is 0 Å². The average Bonchev–Trinajstić information content (AvgIpc) is 3.05. The molecule has 2 aromatic carbocycles. The van der Waals surface area contributed by atoms with Gasteiger partial charge in [0, 0.05) is 13.6 Å². The lowest BCUT2D eigenvalue weighted by Crippen LogP contribution is -2.39. The lowest BCUT2D eigenvalue weighted by atomic mass is 10.1. The molecule has 0 aliphatic heterocycles. The normalized spacial score (nSPS) is 12.6. The molecule has 0 saturated carbocycles. The fraction of sp³-hybridized carbons (Fsp3) is 0.318. The number of aromatic nitrogens is 3. The first-order valence-corrected chi connectivity index (χ1v) is 9.62. The van der Waals surface area contributed by atoms with Crippen molar-refractivity contribution < 1.29 is 0 Å². The molecule has 3 aromatic rings. The molecule has 0 fully saturated rings. The van der Waals surface area contributed by atoms with Crippen molar-refractivity contribution in [1.29, 1.82) is 0 Å². The quantitative estimate of drug-likeness (QED) is 0.491. The highest BCUT2D eigenvalue weighted by Crippen LogP contribution is 2.11. The second kappa shape index (κ2) is 9.69. The highest BCUT2D eigenvalue weighted by atomic mass is 15.3. The predicted octanol–water partition coefficient (Wildman–Crippen LogP) is 3.16. The summed E-state index contributed by atoms with van der Waals surface area (Å²) < 4.78 is 1.96. The molecule has 0 bridgehead atoms. The first-order chi connectivity index (χ1) is 13.6. The van der Waals surface area contributed by atoms with E-state index in [1.54, 1.807) is 0 Å². The third-order valence-electron chi connectivity index (χ3n) is 4.76. The number of rotatable bonds is 7. The third-order valence-corrected chi connectivity index (χ3v) is 4.76. The van der Waals surface area contributed by atoms with Gasteiger partial charge in [-0.25, -0.2) is 4.99 Å². The van der Waals surface area contributed by atoms with Crippen LogP contribution in [-0.4, -0.2) is 27.3 Å². The Morgan fingerprint density at radius 3 is 2.36 bits per heavy atom. The van der Waals surface area contributed by atoms with E-state index in [2.05, 4.69) is 76.3 Å². The van der Waals surface area contributed by atoms with Gasteiger partial charge in [0.2, 0.25) is 0 Å². The maximum absolute atomic E-state index is 4.74. The maximum atomic E-state index is 4.74. The number of benzene rings is 2. The predicted molar refractivity (Wildman–Crippen MR) is 113 cm³/mol. The molecule has 1 heterocycles. The molecule has 0 radical (unpaired) electrons. The van der Waals surface area contributed by atoms with Crippen LogP contribution in [0.2, 0.25) is 0 Å². The number of nitrogens with one attached hydrogen (secondary N) is 2. The van der Waals surface area contributed by atoms with E-state index in [0.29, 0.717) is 6.54 Å².